The normalized spacial score (nSPS) is 12.7. The number of carbonyl (C=O) groups excluding carboxylic acids is 1. The fraction of sp³-hybridized carbons (Fsp3) is 0.400. The number of hydrogen-bond donors (Lipinski definition) is 2. The molecule has 8 heteroatoms. The lowest BCUT2D eigenvalue weighted by Crippen LogP contribution is -2.44. The second kappa shape index (κ2) is 7.63. The first kappa shape index (κ1) is 18.2. The topological polar surface area (TPSA) is 66.9 Å². The Morgan fingerprint density at radius 2 is 2.09 bits per heavy atom. The summed E-state index contributed by atoms with van der Waals surface area (Å²) in [5.41, 5.74) is 0.700. The quantitative estimate of drug-likeness (QED) is 0.707. The van der Waals surface area contributed by atoms with Crippen molar-refractivity contribution in [3.63, 3.8) is 0 Å². The van der Waals surface area contributed by atoms with Gasteiger partial charge in [-0.25, -0.2) is 0 Å². The van der Waals surface area contributed by atoms with Gasteiger partial charge in [0.15, 0.2) is 4.34 Å². The van der Waals surface area contributed by atoms with Crippen molar-refractivity contribution >= 4 is 55.8 Å². The predicted octanol–water partition coefficient (Wildman–Crippen LogP) is 4.44. The average Bonchev–Trinajstić information content (AvgIpc) is 2.84. The van der Waals surface area contributed by atoms with Gasteiger partial charge in [-0.05, 0) is 45.9 Å². The van der Waals surface area contributed by atoms with Gasteiger partial charge in [-0.1, -0.05) is 45.1 Å². The smallest absolute Gasteiger partial charge is 0.233 e. The summed E-state index contributed by atoms with van der Waals surface area (Å²) in [6, 6.07) is 7.83. The molecule has 2 N–H and O–H groups in total. The van der Waals surface area contributed by atoms with Crippen molar-refractivity contribution in [3.8, 4) is 0 Å². The van der Waals surface area contributed by atoms with Crippen LogP contribution in [0.1, 0.15) is 27.7 Å². The molecule has 0 saturated heterocycles. The van der Waals surface area contributed by atoms with Crippen molar-refractivity contribution in [3.05, 3.63) is 28.7 Å². The van der Waals surface area contributed by atoms with Gasteiger partial charge in [0.25, 0.3) is 0 Å². The van der Waals surface area contributed by atoms with Crippen LogP contribution < -0.4 is 10.6 Å². The number of carbonyl (C=O) groups is 1. The number of nitrogens with one attached hydrogen (secondary N) is 2. The van der Waals surface area contributed by atoms with E-state index in [9.17, 15) is 4.79 Å². The molecule has 0 fully saturated rings. The fourth-order valence-electron chi connectivity index (χ4n) is 1.67. The Bertz CT molecular complexity index is 684. The van der Waals surface area contributed by atoms with E-state index in [1.165, 1.54) is 23.1 Å². The average molecular weight is 415 g/mol. The molecule has 5 nitrogen and oxygen atoms in total. The molecule has 1 amide bonds. The molecule has 1 heterocycles. The van der Waals surface area contributed by atoms with Crippen LogP contribution in [0, 0.1) is 0 Å². The van der Waals surface area contributed by atoms with Crippen molar-refractivity contribution in [1.82, 2.24) is 15.5 Å². The Hall–Kier alpha value is -1.12. The molecule has 0 radical (unpaired) electrons. The Labute approximate surface area is 152 Å². The van der Waals surface area contributed by atoms with E-state index in [-0.39, 0.29) is 16.7 Å². The van der Waals surface area contributed by atoms with Gasteiger partial charge in [-0.3, -0.25) is 4.79 Å². The highest BCUT2D eigenvalue weighted by atomic mass is 79.9. The Kier molecular flexibility index (Phi) is 6.05. The fourth-order valence-corrected chi connectivity index (χ4v) is 3.99. The zero-order chi connectivity index (χ0) is 17.0. The number of thioether (sulfide) groups is 1. The largest absolute Gasteiger partial charge is 0.351 e. The number of aromatic nitrogens is 2. The van der Waals surface area contributed by atoms with E-state index in [2.05, 4.69) is 36.8 Å². The summed E-state index contributed by atoms with van der Waals surface area (Å²) in [6.45, 7) is 7.77. The molecular formula is C15H19BrN4OS2. The van der Waals surface area contributed by atoms with E-state index in [4.69, 9.17) is 0 Å². The van der Waals surface area contributed by atoms with Crippen LogP contribution in [0.4, 0.5) is 10.8 Å². The zero-order valence-corrected chi connectivity index (χ0v) is 16.6. The SMILES string of the molecule is CC(Sc1nnc(Nc2cccc(Br)c2)s1)C(=O)NC(C)(C)C. The molecule has 2 aromatic rings. The van der Waals surface area contributed by atoms with Gasteiger partial charge in [-0.15, -0.1) is 10.2 Å². The van der Waals surface area contributed by atoms with Crippen LogP contribution in [-0.4, -0.2) is 26.9 Å². The van der Waals surface area contributed by atoms with E-state index < -0.39 is 0 Å². The Balaban J connectivity index is 1.95. The van der Waals surface area contributed by atoms with Gasteiger partial charge in [0, 0.05) is 15.7 Å². The summed E-state index contributed by atoms with van der Waals surface area (Å²) in [5, 5.41) is 14.9. The lowest BCUT2D eigenvalue weighted by Gasteiger charge is -2.22. The molecule has 2 rings (SSSR count). The van der Waals surface area contributed by atoms with Crippen LogP contribution in [0.15, 0.2) is 33.1 Å². The first-order valence-corrected chi connectivity index (χ1v) is 9.56. The lowest BCUT2D eigenvalue weighted by atomic mass is 10.1. The lowest BCUT2D eigenvalue weighted by molar-refractivity contribution is -0.121. The molecule has 23 heavy (non-hydrogen) atoms. The minimum atomic E-state index is -0.236. The third-order valence-corrected chi connectivity index (χ3v) is 5.14. The third kappa shape index (κ3) is 6.12. The summed E-state index contributed by atoms with van der Waals surface area (Å²) < 4.78 is 1.76. The van der Waals surface area contributed by atoms with Gasteiger partial charge in [0.1, 0.15) is 0 Å². The van der Waals surface area contributed by atoms with Crippen LogP contribution in [-0.2, 0) is 4.79 Å². The highest BCUT2D eigenvalue weighted by Gasteiger charge is 2.21. The van der Waals surface area contributed by atoms with E-state index in [1.54, 1.807) is 0 Å². The van der Waals surface area contributed by atoms with E-state index in [0.29, 0.717) is 5.13 Å². The zero-order valence-electron chi connectivity index (χ0n) is 13.4. The maximum absolute atomic E-state index is 12.1. The minimum Gasteiger partial charge on any atom is -0.351 e. The molecule has 1 aromatic carbocycles. The van der Waals surface area contributed by atoms with Crippen molar-refractivity contribution in [2.24, 2.45) is 0 Å². The maximum Gasteiger partial charge on any atom is 0.233 e. The minimum absolute atomic E-state index is 0.000742. The number of halogens is 1. The summed E-state index contributed by atoms with van der Waals surface area (Å²) in [7, 11) is 0. The van der Waals surface area contributed by atoms with Crippen LogP contribution >= 0.6 is 39.0 Å². The summed E-state index contributed by atoms with van der Waals surface area (Å²) in [4.78, 5) is 12.1. The maximum atomic E-state index is 12.1. The molecule has 124 valence electrons. The Morgan fingerprint density at radius 3 is 2.74 bits per heavy atom. The highest BCUT2D eigenvalue weighted by molar-refractivity contribution is 9.10. The van der Waals surface area contributed by atoms with Crippen LogP contribution in [0.25, 0.3) is 0 Å². The summed E-state index contributed by atoms with van der Waals surface area (Å²) in [5.74, 6) is -0.000742. The number of nitrogens with zero attached hydrogens (tertiary/aromatic N) is 2. The monoisotopic (exact) mass is 414 g/mol. The molecule has 0 spiro atoms. The number of anilines is 2. The van der Waals surface area contributed by atoms with Crippen molar-refractivity contribution in [2.45, 2.75) is 42.8 Å². The van der Waals surface area contributed by atoms with Crippen LogP contribution in [0.3, 0.4) is 0 Å². The molecule has 1 atom stereocenters. The molecule has 0 aliphatic carbocycles. The van der Waals surface area contributed by atoms with Gasteiger partial charge in [-0.2, -0.15) is 0 Å². The molecule has 0 aliphatic heterocycles. The van der Waals surface area contributed by atoms with Crippen molar-refractivity contribution in [1.29, 1.82) is 0 Å². The first-order chi connectivity index (χ1) is 10.7. The number of hydrogen-bond acceptors (Lipinski definition) is 6. The third-order valence-electron chi connectivity index (χ3n) is 2.63. The van der Waals surface area contributed by atoms with Gasteiger partial charge in [0.2, 0.25) is 11.0 Å². The Morgan fingerprint density at radius 1 is 1.35 bits per heavy atom. The summed E-state index contributed by atoms with van der Waals surface area (Å²) in [6.07, 6.45) is 0. The van der Waals surface area contributed by atoms with E-state index in [1.807, 2.05) is 52.0 Å². The molecule has 1 aromatic heterocycles. The molecule has 0 aliphatic rings. The van der Waals surface area contributed by atoms with Gasteiger partial charge in [0.05, 0.1) is 5.25 Å². The first-order valence-electron chi connectivity index (χ1n) is 7.08. The van der Waals surface area contributed by atoms with Crippen LogP contribution in [0.5, 0.6) is 0 Å². The predicted molar refractivity (Wildman–Crippen MR) is 101 cm³/mol. The summed E-state index contributed by atoms with van der Waals surface area (Å²) >= 11 is 6.27. The van der Waals surface area contributed by atoms with Gasteiger partial charge >= 0.3 is 0 Å². The number of benzene rings is 1. The molecular weight excluding hydrogens is 396 g/mol. The van der Waals surface area contributed by atoms with Crippen LogP contribution in [0.2, 0.25) is 0 Å². The van der Waals surface area contributed by atoms with E-state index >= 15 is 0 Å². The van der Waals surface area contributed by atoms with Gasteiger partial charge < -0.3 is 10.6 Å². The number of rotatable bonds is 5. The van der Waals surface area contributed by atoms with Crippen molar-refractivity contribution < 1.29 is 4.79 Å². The van der Waals surface area contributed by atoms with E-state index in [0.717, 1.165) is 14.5 Å². The molecule has 1 unspecified atom stereocenters. The highest BCUT2D eigenvalue weighted by Crippen LogP contribution is 2.31. The standard InChI is InChI=1S/C15H19BrN4OS2/c1-9(12(21)18-15(2,3)4)22-14-20-19-13(23-14)17-11-7-5-6-10(16)8-11/h5-9H,1-4H3,(H,17,19)(H,18,21). The second-order valence-corrected chi connectivity index (χ2v) is 9.49. The molecule has 0 saturated carbocycles. The van der Waals surface area contributed by atoms with Crippen molar-refractivity contribution in [2.75, 3.05) is 5.32 Å². The number of amides is 1. The second-order valence-electron chi connectivity index (χ2n) is 6.01. The molecule has 0 bridgehead atoms.